The summed E-state index contributed by atoms with van der Waals surface area (Å²) in [5, 5.41) is 0.105. The second-order valence-corrected chi connectivity index (χ2v) is 8.39. The van der Waals surface area contributed by atoms with Gasteiger partial charge in [0.1, 0.15) is 5.82 Å². The minimum atomic E-state index is -0.773. The number of anilines is 1. The van der Waals surface area contributed by atoms with Gasteiger partial charge >= 0.3 is 0 Å². The van der Waals surface area contributed by atoms with Crippen molar-refractivity contribution >= 4 is 28.3 Å². The third-order valence-corrected chi connectivity index (χ3v) is 6.41. The molecule has 0 bridgehead atoms. The van der Waals surface area contributed by atoms with Gasteiger partial charge in [-0.1, -0.05) is 24.3 Å². The van der Waals surface area contributed by atoms with Gasteiger partial charge in [0.05, 0.1) is 11.3 Å². The van der Waals surface area contributed by atoms with Crippen LogP contribution in [0.2, 0.25) is 0 Å². The van der Waals surface area contributed by atoms with Crippen molar-refractivity contribution in [3.05, 3.63) is 85.6 Å². The van der Waals surface area contributed by atoms with Gasteiger partial charge in [0.15, 0.2) is 0 Å². The summed E-state index contributed by atoms with van der Waals surface area (Å²) in [5.41, 5.74) is 1.50. The lowest BCUT2D eigenvalue weighted by molar-refractivity contribution is -0.126. The summed E-state index contributed by atoms with van der Waals surface area (Å²) in [6, 6.07) is 4.41. The van der Waals surface area contributed by atoms with E-state index in [4.69, 9.17) is 0 Å². The largest absolute Gasteiger partial charge is 0.364 e. The second kappa shape index (κ2) is 8.27. The molecule has 1 amide bonds. The number of rotatable bonds is 5. The summed E-state index contributed by atoms with van der Waals surface area (Å²) in [5.74, 6) is -2.04. The highest BCUT2D eigenvalue weighted by Crippen LogP contribution is 2.24. The van der Waals surface area contributed by atoms with Crippen molar-refractivity contribution in [2.45, 2.75) is 19.3 Å². The Hall–Kier alpha value is -3.81. The molecule has 7 nitrogen and oxygen atoms in total. The summed E-state index contributed by atoms with van der Waals surface area (Å²) in [7, 11) is 0. The molecule has 5 rings (SSSR count). The van der Waals surface area contributed by atoms with Gasteiger partial charge in [-0.15, -0.1) is 0 Å². The first-order valence-corrected chi connectivity index (χ1v) is 11.0. The molecule has 1 saturated heterocycles. The Bertz CT molecular complexity index is 1400. The number of halogens is 1. The van der Waals surface area contributed by atoms with Gasteiger partial charge in [0, 0.05) is 55.3 Å². The smallest absolute Gasteiger partial charge is 0.295 e. The van der Waals surface area contributed by atoms with Crippen molar-refractivity contribution in [2.75, 3.05) is 31.1 Å². The predicted octanol–water partition coefficient (Wildman–Crippen LogP) is 2.25. The number of hydrogen-bond donors (Lipinski definition) is 1. The van der Waals surface area contributed by atoms with E-state index >= 15 is 0 Å². The van der Waals surface area contributed by atoms with Crippen LogP contribution in [-0.2, 0) is 11.2 Å². The average molecular weight is 447 g/mol. The van der Waals surface area contributed by atoms with Crippen molar-refractivity contribution < 1.29 is 14.0 Å². The van der Waals surface area contributed by atoms with Crippen LogP contribution in [-0.4, -0.2) is 47.8 Å². The SMILES string of the molecule is O=C(C(=O)N1CCN(c2c(CC3=CCCC=C3)c(=O)c2=O)CC1)c1c[nH]c2cccc(F)c12. The van der Waals surface area contributed by atoms with E-state index in [2.05, 4.69) is 17.1 Å². The van der Waals surface area contributed by atoms with Gasteiger partial charge in [-0.2, -0.15) is 0 Å². The monoisotopic (exact) mass is 447 g/mol. The molecule has 2 aromatic carbocycles. The van der Waals surface area contributed by atoms with Crippen LogP contribution in [0, 0.1) is 5.82 Å². The van der Waals surface area contributed by atoms with Crippen LogP contribution in [0.4, 0.5) is 10.1 Å². The van der Waals surface area contributed by atoms with Crippen molar-refractivity contribution in [1.29, 1.82) is 0 Å². The van der Waals surface area contributed by atoms with Gasteiger partial charge in [0.25, 0.3) is 11.7 Å². The molecule has 1 aliphatic carbocycles. The van der Waals surface area contributed by atoms with Gasteiger partial charge in [-0.3, -0.25) is 19.2 Å². The standard InChI is InChI=1S/C25H22FN3O4/c26-18-7-4-8-19-20(18)17(14-27-19)23(31)25(33)29-11-9-28(10-12-29)21-16(22(30)24(21)32)13-15-5-2-1-3-6-15/h2,4-8,14,27H,1,3,9-13H2. The van der Waals surface area contributed by atoms with E-state index in [1.807, 2.05) is 11.0 Å². The molecule has 8 heteroatoms. The zero-order chi connectivity index (χ0) is 23.1. The van der Waals surface area contributed by atoms with Crippen LogP contribution >= 0.6 is 0 Å². The molecule has 1 aromatic heterocycles. The topological polar surface area (TPSA) is 90.6 Å². The minimum Gasteiger partial charge on any atom is -0.364 e. The molecule has 3 aromatic rings. The van der Waals surface area contributed by atoms with Crippen molar-refractivity contribution in [3.8, 4) is 0 Å². The normalized spacial score (nSPS) is 16.5. The number of benzene rings is 1. The van der Waals surface area contributed by atoms with E-state index in [0.29, 0.717) is 36.3 Å². The third kappa shape index (κ3) is 3.61. The van der Waals surface area contributed by atoms with Crippen LogP contribution in [0.3, 0.4) is 0 Å². The van der Waals surface area contributed by atoms with Crippen LogP contribution in [0.15, 0.2) is 57.8 Å². The van der Waals surface area contributed by atoms with E-state index in [0.717, 1.165) is 18.4 Å². The number of H-pyrrole nitrogens is 1. The molecule has 0 unspecified atom stereocenters. The molecule has 33 heavy (non-hydrogen) atoms. The molecular formula is C25H22FN3O4. The molecule has 2 aliphatic rings. The lowest BCUT2D eigenvalue weighted by atomic mass is 9.94. The summed E-state index contributed by atoms with van der Waals surface area (Å²) < 4.78 is 14.2. The number of Topliss-reactive ketones (excluding diaryl/α,β-unsaturated/α-hetero) is 1. The Balaban J connectivity index is 1.28. The number of fused-ring (bicyclic) bond motifs is 1. The number of carbonyl (C=O) groups is 2. The zero-order valence-corrected chi connectivity index (χ0v) is 17.9. The van der Waals surface area contributed by atoms with Crippen LogP contribution < -0.4 is 15.8 Å². The van der Waals surface area contributed by atoms with E-state index in [-0.39, 0.29) is 24.0 Å². The van der Waals surface area contributed by atoms with E-state index < -0.39 is 28.4 Å². The lowest BCUT2D eigenvalue weighted by Gasteiger charge is -2.36. The number of nitrogens with zero attached hydrogens (tertiary/aromatic N) is 2. The average Bonchev–Trinajstić information content (AvgIpc) is 3.29. The van der Waals surface area contributed by atoms with Crippen LogP contribution in [0.5, 0.6) is 0 Å². The summed E-state index contributed by atoms with van der Waals surface area (Å²) >= 11 is 0. The highest BCUT2D eigenvalue weighted by atomic mass is 19.1. The maximum absolute atomic E-state index is 14.2. The summed E-state index contributed by atoms with van der Waals surface area (Å²) in [6.45, 7) is 1.15. The molecular weight excluding hydrogens is 425 g/mol. The molecule has 0 spiro atoms. The van der Waals surface area contributed by atoms with Gasteiger partial charge < -0.3 is 14.8 Å². The lowest BCUT2D eigenvalue weighted by Crippen LogP contribution is -2.54. The number of carbonyl (C=O) groups excluding carboxylic acids is 2. The fraction of sp³-hybridized carbons (Fsp3) is 0.280. The minimum absolute atomic E-state index is 0.00843. The Morgan fingerprint density at radius 1 is 1.03 bits per heavy atom. The molecule has 1 N–H and O–H groups in total. The fourth-order valence-corrected chi connectivity index (χ4v) is 4.64. The summed E-state index contributed by atoms with van der Waals surface area (Å²) in [4.78, 5) is 56.2. The third-order valence-electron chi connectivity index (χ3n) is 6.41. The predicted molar refractivity (Wildman–Crippen MR) is 123 cm³/mol. The Labute approximate surface area is 188 Å². The molecule has 168 valence electrons. The Morgan fingerprint density at radius 2 is 1.82 bits per heavy atom. The number of ketones is 1. The number of hydrogen-bond acceptors (Lipinski definition) is 5. The molecule has 0 saturated carbocycles. The van der Waals surface area contributed by atoms with E-state index in [1.165, 1.54) is 23.2 Å². The van der Waals surface area contributed by atoms with Gasteiger partial charge in [-0.25, -0.2) is 4.39 Å². The first kappa shape index (κ1) is 21.1. The summed E-state index contributed by atoms with van der Waals surface area (Å²) in [6.07, 6.45) is 9.81. The first-order chi connectivity index (χ1) is 16.0. The first-order valence-electron chi connectivity index (χ1n) is 11.0. The maximum atomic E-state index is 14.2. The number of nitrogens with one attached hydrogen (secondary N) is 1. The van der Waals surface area contributed by atoms with Crippen molar-refractivity contribution in [1.82, 2.24) is 9.88 Å². The van der Waals surface area contributed by atoms with E-state index in [1.54, 1.807) is 6.07 Å². The molecule has 1 fully saturated rings. The van der Waals surface area contributed by atoms with Crippen LogP contribution in [0.1, 0.15) is 28.8 Å². The number of aromatic amines is 1. The molecule has 0 radical (unpaired) electrons. The van der Waals surface area contributed by atoms with E-state index in [9.17, 15) is 23.6 Å². The number of piperazine rings is 1. The molecule has 1 aliphatic heterocycles. The number of aromatic nitrogens is 1. The number of amides is 1. The van der Waals surface area contributed by atoms with Gasteiger partial charge in [0.2, 0.25) is 10.9 Å². The number of allylic oxidation sites excluding steroid dienone is 4. The van der Waals surface area contributed by atoms with Crippen molar-refractivity contribution in [3.63, 3.8) is 0 Å². The van der Waals surface area contributed by atoms with Crippen LogP contribution in [0.25, 0.3) is 10.9 Å². The molecule has 0 atom stereocenters. The Kier molecular flexibility index (Phi) is 5.28. The molecule has 2 heterocycles. The van der Waals surface area contributed by atoms with Crippen molar-refractivity contribution in [2.24, 2.45) is 0 Å². The quantitative estimate of drug-likeness (QED) is 0.479. The highest BCUT2D eigenvalue weighted by Gasteiger charge is 2.32. The van der Waals surface area contributed by atoms with Gasteiger partial charge in [-0.05, 0) is 30.5 Å². The maximum Gasteiger partial charge on any atom is 0.295 e. The zero-order valence-electron chi connectivity index (χ0n) is 17.9. The highest BCUT2D eigenvalue weighted by molar-refractivity contribution is 6.44. The fourth-order valence-electron chi connectivity index (χ4n) is 4.64. The Morgan fingerprint density at radius 3 is 2.55 bits per heavy atom. The second-order valence-electron chi connectivity index (χ2n) is 8.39.